The summed E-state index contributed by atoms with van der Waals surface area (Å²) in [7, 11) is 4.36. The van der Waals surface area contributed by atoms with E-state index in [-0.39, 0.29) is 12.6 Å². The van der Waals surface area contributed by atoms with Gasteiger partial charge in [0.1, 0.15) is 0 Å². The van der Waals surface area contributed by atoms with Crippen molar-refractivity contribution >= 4 is 0 Å². The highest BCUT2D eigenvalue weighted by Gasteiger charge is 2.22. The molecule has 1 saturated heterocycles. The van der Waals surface area contributed by atoms with E-state index < -0.39 is 0 Å². The van der Waals surface area contributed by atoms with Crippen molar-refractivity contribution < 1.29 is 5.11 Å². The number of nitrogens with zero attached hydrogens (tertiary/aromatic N) is 2. The molecule has 1 aliphatic rings. The SMILES string of the molecule is CCNC(CO)CN(C)C1CCN(C)CC1. The summed E-state index contributed by atoms with van der Waals surface area (Å²) >= 11 is 0. The number of rotatable bonds is 6. The Labute approximate surface area is 99.6 Å². The maximum absolute atomic E-state index is 9.25. The monoisotopic (exact) mass is 229 g/mol. The number of nitrogens with one attached hydrogen (secondary N) is 1. The molecule has 1 aliphatic heterocycles. The summed E-state index contributed by atoms with van der Waals surface area (Å²) in [6.45, 7) is 6.56. The molecular formula is C12H27N3O. The minimum Gasteiger partial charge on any atom is -0.395 e. The quantitative estimate of drug-likeness (QED) is 0.671. The molecule has 1 unspecified atom stereocenters. The summed E-state index contributed by atoms with van der Waals surface area (Å²) in [5.41, 5.74) is 0. The van der Waals surface area contributed by atoms with Crippen LogP contribution in [0, 0.1) is 0 Å². The molecule has 0 amide bonds. The molecule has 1 atom stereocenters. The maximum Gasteiger partial charge on any atom is 0.0597 e. The Hall–Kier alpha value is -0.160. The summed E-state index contributed by atoms with van der Waals surface area (Å²) in [6.07, 6.45) is 2.49. The third-order valence-electron chi connectivity index (χ3n) is 3.53. The van der Waals surface area contributed by atoms with Crippen LogP contribution in [-0.4, -0.2) is 73.9 Å². The molecule has 2 N–H and O–H groups in total. The van der Waals surface area contributed by atoms with Crippen LogP contribution in [0.5, 0.6) is 0 Å². The van der Waals surface area contributed by atoms with Gasteiger partial charge in [0, 0.05) is 18.6 Å². The van der Waals surface area contributed by atoms with Crippen LogP contribution < -0.4 is 5.32 Å². The zero-order valence-electron chi connectivity index (χ0n) is 10.9. The lowest BCUT2D eigenvalue weighted by atomic mass is 10.0. The number of aliphatic hydroxyl groups excluding tert-OH is 1. The van der Waals surface area contributed by atoms with E-state index in [4.69, 9.17) is 0 Å². The molecule has 1 heterocycles. The Balaban J connectivity index is 2.30. The summed E-state index contributed by atoms with van der Waals surface area (Å²) in [5.74, 6) is 0. The first-order valence-corrected chi connectivity index (χ1v) is 6.40. The van der Waals surface area contributed by atoms with Crippen LogP contribution >= 0.6 is 0 Å². The van der Waals surface area contributed by atoms with Crippen LogP contribution in [0.4, 0.5) is 0 Å². The Morgan fingerprint density at radius 3 is 2.56 bits per heavy atom. The van der Waals surface area contributed by atoms with Crippen molar-refractivity contribution in [1.82, 2.24) is 15.1 Å². The van der Waals surface area contributed by atoms with Gasteiger partial charge in [-0.3, -0.25) is 0 Å². The third kappa shape index (κ3) is 4.37. The van der Waals surface area contributed by atoms with E-state index in [0.29, 0.717) is 6.04 Å². The zero-order valence-corrected chi connectivity index (χ0v) is 10.9. The number of hydrogen-bond acceptors (Lipinski definition) is 4. The molecule has 0 radical (unpaired) electrons. The third-order valence-corrected chi connectivity index (χ3v) is 3.53. The average Bonchev–Trinajstić information content (AvgIpc) is 2.29. The molecule has 4 nitrogen and oxygen atoms in total. The van der Waals surface area contributed by atoms with Crippen molar-refractivity contribution in [3.05, 3.63) is 0 Å². The summed E-state index contributed by atoms with van der Waals surface area (Å²) in [4.78, 5) is 4.79. The minimum absolute atomic E-state index is 0.217. The van der Waals surface area contributed by atoms with Gasteiger partial charge in [-0.15, -0.1) is 0 Å². The molecule has 1 rings (SSSR count). The number of hydrogen-bond donors (Lipinski definition) is 2. The lowest BCUT2D eigenvalue weighted by Crippen LogP contribution is -2.48. The van der Waals surface area contributed by atoms with E-state index >= 15 is 0 Å². The van der Waals surface area contributed by atoms with Gasteiger partial charge in [0.2, 0.25) is 0 Å². The second-order valence-corrected chi connectivity index (χ2v) is 4.91. The van der Waals surface area contributed by atoms with Gasteiger partial charge in [0.05, 0.1) is 6.61 Å². The molecule has 0 aliphatic carbocycles. The molecule has 4 heteroatoms. The lowest BCUT2D eigenvalue weighted by Gasteiger charge is -2.36. The summed E-state index contributed by atoms with van der Waals surface area (Å²) < 4.78 is 0. The van der Waals surface area contributed by atoms with Crippen LogP contribution in [0.25, 0.3) is 0 Å². The first-order chi connectivity index (χ1) is 7.67. The van der Waals surface area contributed by atoms with Gasteiger partial charge in [-0.2, -0.15) is 0 Å². The molecular weight excluding hydrogens is 202 g/mol. The molecule has 1 fully saturated rings. The van der Waals surface area contributed by atoms with Gasteiger partial charge < -0.3 is 20.2 Å². The molecule has 0 bridgehead atoms. The highest BCUT2D eigenvalue weighted by molar-refractivity contribution is 4.79. The summed E-state index contributed by atoms with van der Waals surface area (Å²) in [6, 6.07) is 0.901. The second kappa shape index (κ2) is 7.22. The zero-order chi connectivity index (χ0) is 12.0. The van der Waals surface area contributed by atoms with Gasteiger partial charge in [-0.25, -0.2) is 0 Å². The van der Waals surface area contributed by atoms with Crippen LogP contribution in [0.2, 0.25) is 0 Å². The van der Waals surface area contributed by atoms with Crippen molar-refractivity contribution in [2.24, 2.45) is 0 Å². The molecule has 0 aromatic heterocycles. The number of likely N-dealkylation sites (tertiary alicyclic amines) is 1. The first-order valence-electron chi connectivity index (χ1n) is 6.40. The molecule has 0 aromatic carbocycles. The number of likely N-dealkylation sites (N-methyl/N-ethyl adjacent to an activating group) is 2. The highest BCUT2D eigenvalue weighted by Crippen LogP contribution is 2.14. The van der Waals surface area contributed by atoms with E-state index in [1.54, 1.807) is 0 Å². The fraction of sp³-hybridized carbons (Fsp3) is 1.00. The van der Waals surface area contributed by atoms with Crippen molar-refractivity contribution in [3.8, 4) is 0 Å². The predicted octanol–water partition coefficient (Wildman–Crippen LogP) is -0.0172. The second-order valence-electron chi connectivity index (χ2n) is 4.91. The normalized spacial score (nSPS) is 21.6. The fourth-order valence-electron chi connectivity index (χ4n) is 2.41. The van der Waals surface area contributed by atoms with Gasteiger partial charge in [0.25, 0.3) is 0 Å². The Bertz CT molecular complexity index is 181. The molecule has 0 aromatic rings. The van der Waals surface area contributed by atoms with Crippen LogP contribution in [0.15, 0.2) is 0 Å². The first kappa shape index (κ1) is 13.9. The van der Waals surface area contributed by atoms with Crippen LogP contribution in [0.1, 0.15) is 19.8 Å². The minimum atomic E-state index is 0.217. The fourth-order valence-corrected chi connectivity index (χ4v) is 2.41. The number of aliphatic hydroxyl groups is 1. The van der Waals surface area contributed by atoms with E-state index in [1.165, 1.54) is 25.9 Å². The van der Waals surface area contributed by atoms with Crippen molar-refractivity contribution in [3.63, 3.8) is 0 Å². The van der Waals surface area contributed by atoms with Gasteiger partial charge >= 0.3 is 0 Å². The lowest BCUT2D eigenvalue weighted by molar-refractivity contribution is 0.120. The van der Waals surface area contributed by atoms with Crippen LogP contribution in [-0.2, 0) is 0 Å². The van der Waals surface area contributed by atoms with E-state index in [0.717, 1.165) is 13.1 Å². The predicted molar refractivity (Wildman–Crippen MR) is 67.7 cm³/mol. The van der Waals surface area contributed by atoms with Gasteiger partial charge in [-0.05, 0) is 46.6 Å². The standard InChI is InChI=1S/C12H27N3O/c1-4-13-11(10-16)9-15(3)12-5-7-14(2)8-6-12/h11-13,16H,4-10H2,1-3H3. The molecule has 0 saturated carbocycles. The largest absolute Gasteiger partial charge is 0.395 e. The van der Waals surface area contributed by atoms with Crippen molar-refractivity contribution in [2.75, 3.05) is 46.9 Å². The van der Waals surface area contributed by atoms with Gasteiger partial charge in [0.15, 0.2) is 0 Å². The van der Waals surface area contributed by atoms with Crippen molar-refractivity contribution in [1.29, 1.82) is 0 Å². The van der Waals surface area contributed by atoms with Crippen molar-refractivity contribution in [2.45, 2.75) is 31.8 Å². The average molecular weight is 229 g/mol. The maximum atomic E-state index is 9.25. The molecule has 16 heavy (non-hydrogen) atoms. The van der Waals surface area contributed by atoms with Gasteiger partial charge in [-0.1, -0.05) is 6.92 Å². The van der Waals surface area contributed by atoms with E-state index in [9.17, 15) is 5.11 Å². The smallest absolute Gasteiger partial charge is 0.0597 e. The highest BCUT2D eigenvalue weighted by atomic mass is 16.3. The van der Waals surface area contributed by atoms with E-state index in [2.05, 4.69) is 36.1 Å². The number of piperidine rings is 1. The molecule has 0 spiro atoms. The Morgan fingerprint density at radius 2 is 2.06 bits per heavy atom. The topological polar surface area (TPSA) is 38.7 Å². The Morgan fingerprint density at radius 1 is 1.44 bits per heavy atom. The molecule has 96 valence electrons. The van der Waals surface area contributed by atoms with Crippen LogP contribution in [0.3, 0.4) is 0 Å². The summed E-state index contributed by atoms with van der Waals surface area (Å²) in [5, 5.41) is 12.6. The Kier molecular flexibility index (Phi) is 6.28. The van der Waals surface area contributed by atoms with E-state index in [1.807, 2.05) is 0 Å².